The first-order valence-corrected chi connectivity index (χ1v) is 8.76. The van der Waals surface area contributed by atoms with Crippen LogP contribution in [0.1, 0.15) is 38.2 Å². The van der Waals surface area contributed by atoms with E-state index in [1.54, 1.807) is 0 Å². The lowest BCUT2D eigenvalue weighted by atomic mass is 9.73. The summed E-state index contributed by atoms with van der Waals surface area (Å²) in [4.78, 5) is 13.1. The predicted octanol–water partition coefficient (Wildman–Crippen LogP) is 3.07. The Balaban J connectivity index is 1.81. The van der Waals surface area contributed by atoms with Crippen LogP contribution in [0.25, 0.3) is 0 Å². The van der Waals surface area contributed by atoms with E-state index in [1.165, 1.54) is 0 Å². The van der Waals surface area contributed by atoms with Gasteiger partial charge in [0.05, 0.1) is 17.6 Å². The van der Waals surface area contributed by atoms with E-state index in [2.05, 4.69) is 5.32 Å². The Hall–Kier alpha value is -1.10. The summed E-state index contributed by atoms with van der Waals surface area (Å²) in [5.74, 6) is 0.0612. The third-order valence-electron chi connectivity index (χ3n) is 5.04. The molecule has 2 heterocycles. The maximum Gasteiger partial charge on any atom is 0.231 e. The van der Waals surface area contributed by atoms with E-state index in [4.69, 9.17) is 21.1 Å². The lowest BCUT2D eigenvalue weighted by molar-refractivity contribution is -0.132. The second-order valence-electron chi connectivity index (χ2n) is 6.52. The molecule has 2 fully saturated rings. The highest BCUT2D eigenvalue weighted by molar-refractivity contribution is 6.30. The van der Waals surface area contributed by atoms with Crippen molar-refractivity contribution in [2.75, 3.05) is 19.8 Å². The van der Waals surface area contributed by atoms with Crippen LogP contribution in [-0.4, -0.2) is 37.9 Å². The summed E-state index contributed by atoms with van der Waals surface area (Å²) in [6.45, 7) is 4.00. The summed E-state index contributed by atoms with van der Waals surface area (Å²) in [7, 11) is 0. The van der Waals surface area contributed by atoms with E-state index in [0.717, 1.165) is 25.0 Å². The normalized spacial score (nSPS) is 25.0. The molecule has 126 valence electrons. The van der Waals surface area contributed by atoms with Gasteiger partial charge < -0.3 is 14.8 Å². The zero-order valence-corrected chi connectivity index (χ0v) is 14.3. The predicted molar refractivity (Wildman–Crippen MR) is 89.8 cm³/mol. The zero-order valence-electron chi connectivity index (χ0n) is 13.5. The fraction of sp³-hybridized carbons (Fsp3) is 0.611. The molecule has 3 rings (SSSR count). The van der Waals surface area contributed by atoms with Gasteiger partial charge in [0.2, 0.25) is 5.91 Å². The highest BCUT2D eigenvalue weighted by atomic mass is 35.5. The summed E-state index contributed by atoms with van der Waals surface area (Å²) in [6.07, 6.45) is 3.55. The highest BCUT2D eigenvalue weighted by Gasteiger charge is 2.42. The van der Waals surface area contributed by atoms with Gasteiger partial charge in [0.25, 0.3) is 0 Å². The Morgan fingerprint density at radius 3 is 2.78 bits per heavy atom. The number of hydrogen-bond donors (Lipinski definition) is 1. The molecule has 0 radical (unpaired) electrons. The minimum Gasteiger partial charge on any atom is -0.381 e. The van der Waals surface area contributed by atoms with Gasteiger partial charge in [-0.05, 0) is 50.3 Å². The van der Waals surface area contributed by atoms with Crippen molar-refractivity contribution < 1.29 is 14.3 Å². The molecule has 2 aliphatic rings. The van der Waals surface area contributed by atoms with Crippen LogP contribution in [-0.2, 0) is 19.7 Å². The van der Waals surface area contributed by atoms with Crippen LogP contribution >= 0.6 is 11.6 Å². The summed E-state index contributed by atoms with van der Waals surface area (Å²) in [5, 5.41) is 3.85. The first kappa shape index (κ1) is 16.7. The number of benzene rings is 1. The Bertz CT molecular complexity index is 551. The number of ether oxygens (including phenoxy) is 2. The molecule has 0 spiro atoms. The second kappa shape index (κ2) is 7.20. The molecule has 2 aliphatic heterocycles. The van der Waals surface area contributed by atoms with Crippen LogP contribution in [0.2, 0.25) is 5.02 Å². The van der Waals surface area contributed by atoms with Gasteiger partial charge >= 0.3 is 0 Å². The Morgan fingerprint density at radius 2 is 2.13 bits per heavy atom. The van der Waals surface area contributed by atoms with E-state index in [1.807, 2.05) is 31.2 Å². The molecular formula is C18H24ClNO3. The van der Waals surface area contributed by atoms with Gasteiger partial charge in [0.15, 0.2) is 0 Å². The van der Waals surface area contributed by atoms with Gasteiger partial charge in [0, 0.05) is 24.8 Å². The molecule has 1 aromatic rings. The highest BCUT2D eigenvalue weighted by Crippen LogP contribution is 2.36. The largest absolute Gasteiger partial charge is 0.381 e. The topological polar surface area (TPSA) is 47.6 Å². The fourth-order valence-corrected chi connectivity index (χ4v) is 3.78. The first-order valence-electron chi connectivity index (χ1n) is 8.38. The maximum absolute atomic E-state index is 13.1. The van der Waals surface area contributed by atoms with Crippen molar-refractivity contribution in [3.8, 4) is 0 Å². The quantitative estimate of drug-likeness (QED) is 0.918. The van der Waals surface area contributed by atoms with Gasteiger partial charge in [-0.2, -0.15) is 0 Å². The van der Waals surface area contributed by atoms with E-state index >= 15 is 0 Å². The summed E-state index contributed by atoms with van der Waals surface area (Å²) in [6, 6.07) is 7.66. The van der Waals surface area contributed by atoms with Crippen molar-refractivity contribution in [1.29, 1.82) is 0 Å². The summed E-state index contributed by atoms with van der Waals surface area (Å²) < 4.78 is 11.2. The zero-order chi connectivity index (χ0) is 16.3. The number of amides is 1. The molecule has 0 aromatic heterocycles. The molecule has 1 amide bonds. The maximum atomic E-state index is 13.1. The molecule has 2 saturated heterocycles. The van der Waals surface area contributed by atoms with Gasteiger partial charge in [-0.15, -0.1) is 0 Å². The van der Waals surface area contributed by atoms with Crippen molar-refractivity contribution in [3.05, 3.63) is 34.9 Å². The number of nitrogens with one attached hydrogen (secondary N) is 1. The number of carbonyl (C=O) groups excluding carboxylic acids is 1. The molecule has 0 bridgehead atoms. The minimum absolute atomic E-state index is 0.0175. The molecule has 4 nitrogen and oxygen atoms in total. The van der Waals surface area contributed by atoms with Crippen LogP contribution < -0.4 is 5.32 Å². The van der Waals surface area contributed by atoms with Crippen LogP contribution in [0.4, 0.5) is 0 Å². The lowest BCUT2D eigenvalue weighted by Gasteiger charge is -2.37. The molecule has 1 aromatic carbocycles. The molecule has 0 saturated carbocycles. The molecule has 23 heavy (non-hydrogen) atoms. The minimum atomic E-state index is -0.560. The van der Waals surface area contributed by atoms with E-state index in [0.29, 0.717) is 31.1 Å². The van der Waals surface area contributed by atoms with Crippen LogP contribution in [0.5, 0.6) is 0 Å². The number of rotatable bonds is 4. The third kappa shape index (κ3) is 3.54. The Morgan fingerprint density at radius 1 is 1.35 bits per heavy atom. The molecule has 2 unspecified atom stereocenters. The number of carbonyl (C=O) groups is 1. The molecular weight excluding hydrogens is 314 g/mol. The van der Waals surface area contributed by atoms with Gasteiger partial charge in [0.1, 0.15) is 0 Å². The monoisotopic (exact) mass is 337 g/mol. The standard InChI is InChI=1S/C18H24ClNO3/c1-13(16-6-3-9-23-16)20-17(21)18(7-10-22-11-8-18)14-4-2-5-15(19)12-14/h2,4-5,12-13,16H,3,6-11H2,1H3,(H,20,21). The van der Waals surface area contributed by atoms with Gasteiger partial charge in [-0.25, -0.2) is 0 Å². The second-order valence-corrected chi connectivity index (χ2v) is 6.95. The molecule has 1 N–H and O–H groups in total. The smallest absolute Gasteiger partial charge is 0.231 e. The SMILES string of the molecule is CC(NC(=O)C1(c2cccc(Cl)c2)CCOCC1)C1CCCO1. The summed E-state index contributed by atoms with van der Waals surface area (Å²) in [5.41, 5.74) is 0.418. The van der Waals surface area contributed by atoms with Crippen molar-refractivity contribution in [2.45, 2.75) is 50.2 Å². The van der Waals surface area contributed by atoms with Crippen molar-refractivity contribution in [3.63, 3.8) is 0 Å². The van der Waals surface area contributed by atoms with Crippen molar-refractivity contribution in [2.24, 2.45) is 0 Å². The lowest BCUT2D eigenvalue weighted by Crippen LogP contribution is -2.52. The van der Waals surface area contributed by atoms with Crippen molar-refractivity contribution >= 4 is 17.5 Å². The number of halogens is 1. The fourth-order valence-electron chi connectivity index (χ4n) is 3.59. The average molecular weight is 338 g/mol. The molecule has 0 aliphatic carbocycles. The van der Waals surface area contributed by atoms with E-state index in [9.17, 15) is 4.79 Å². The van der Waals surface area contributed by atoms with Crippen LogP contribution in [0.3, 0.4) is 0 Å². The van der Waals surface area contributed by atoms with E-state index in [-0.39, 0.29) is 18.1 Å². The third-order valence-corrected chi connectivity index (χ3v) is 5.27. The average Bonchev–Trinajstić information content (AvgIpc) is 3.10. The molecule has 2 atom stereocenters. The van der Waals surface area contributed by atoms with Gasteiger partial charge in [-0.1, -0.05) is 23.7 Å². The number of hydrogen-bond acceptors (Lipinski definition) is 3. The first-order chi connectivity index (χ1) is 11.1. The molecule has 5 heteroatoms. The van der Waals surface area contributed by atoms with E-state index < -0.39 is 5.41 Å². The Kier molecular flexibility index (Phi) is 5.24. The van der Waals surface area contributed by atoms with Crippen molar-refractivity contribution in [1.82, 2.24) is 5.32 Å². The van der Waals surface area contributed by atoms with Crippen LogP contribution in [0, 0.1) is 0 Å². The Labute approximate surface area is 142 Å². The summed E-state index contributed by atoms with van der Waals surface area (Å²) >= 11 is 6.16. The van der Waals surface area contributed by atoms with Crippen LogP contribution in [0.15, 0.2) is 24.3 Å². The van der Waals surface area contributed by atoms with Gasteiger partial charge in [-0.3, -0.25) is 4.79 Å².